The lowest BCUT2D eigenvalue weighted by Gasteiger charge is -2.09. The van der Waals surface area contributed by atoms with E-state index in [4.69, 9.17) is 14.6 Å². The van der Waals surface area contributed by atoms with Gasteiger partial charge in [-0.3, -0.25) is 4.79 Å². The van der Waals surface area contributed by atoms with Gasteiger partial charge in [-0.05, 0) is 36.2 Å². The molecule has 0 aromatic heterocycles. The zero-order chi connectivity index (χ0) is 18.6. The Balaban J connectivity index is 1.41. The number of carbonyl (C=O) groups excluding carboxylic acids is 1. The number of hydrogen-bond acceptors (Lipinski definition) is 6. The van der Waals surface area contributed by atoms with E-state index >= 15 is 0 Å². The Bertz CT molecular complexity index is 897. The number of sulfonamides is 1. The summed E-state index contributed by atoms with van der Waals surface area (Å²) in [6, 6.07) is 11.6. The maximum atomic E-state index is 11.9. The third kappa shape index (κ3) is 4.64. The van der Waals surface area contributed by atoms with Crippen molar-refractivity contribution in [3.05, 3.63) is 48.0 Å². The highest BCUT2D eigenvalue weighted by atomic mass is 32.2. The summed E-state index contributed by atoms with van der Waals surface area (Å²) in [4.78, 5) is 12.0. The van der Waals surface area contributed by atoms with Crippen LogP contribution in [0.2, 0.25) is 0 Å². The monoisotopic (exact) mass is 377 g/mol. The molecule has 0 saturated heterocycles. The van der Waals surface area contributed by atoms with E-state index in [9.17, 15) is 13.2 Å². The average molecular weight is 377 g/mol. The van der Waals surface area contributed by atoms with Gasteiger partial charge < -0.3 is 20.1 Å². The first-order valence-electron chi connectivity index (χ1n) is 7.94. The zero-order valence-electron chi connectivity index (χ0n) is 13.9. The van der Waals surface area contributed by atoms with Gasteiger partial charge in [0.1, 0.15) is 0 Å². The van der Waals surface area contributed by atoms with E-state index in [1.807, 2.05) is 6.07 Å². The van der Waals surface area contributed by atoms with Crippen LogP contribution in [0.15, 0.2) is 47.4 Å². The summed E-state index contributed by atoms with van der Waals surface area (Å²) in [6.07, 6.45) is 0.584. The van der Waals surface area contributed by atoms with Crippen molar-refractivity contribution in [1.82, 2.24) is 5.32 Å². The molecule has 2 aromatic rings. The van der Waals surface area contributed by atoms with Gasteiger partial charge in [-0.2, -0.15) is 0 Å². The molecular formula is C17H19N3O5S. The minimum absolute atomic E-state index is 0.0678. The number of hydrogen-bond donors (Lipinski definition) is 3. The largest absolute Gasteiger partial charge is 0.454 e. The number of fused-ring (bicyclic) bond motifs is 1. The molecule has 0 saturated carbocycles. The number of nitrogens with two attached hydrogens (primary N) is 1. The lowest BCUT2D eigenvalue weighted by Crippen LogP contribution is -2.31. The highest BCUT2D eigenvalue weighted by molar-refractivity contribution is 7.89. The molecule has 0 atom stereocenters. The summed E-state index contributed by atoms with van der Waals surface area (Å²) in [6.45, 7) is 0.776. The summed E-state index contributed by atoms with van der Waals surface area (Å²) in [5.74, 6) is 1.19. The van der Waals surface area contributed by atoms with Gasteiger partial charge in [0.05, 0.1) is 11.4 Å². The summed E-state index contributed by atoms with van der Waals surface area (Å²) < 4.78 is 32.9. The van der Waals surface area contributed by atoms with Crippen LogP contribution in [0.1, 0.15) is 5.56 Å². The van der Waals surface area contributed by atoms with E-state index in [-0.39, 0.29) is 24.1 Å². The van der Waals surface area contributed by atoms with Crippen molar-refractivity contribution >= 4 is 21.6 Å². The molecule has 0 fully saturated rings. The molecular weight excluding hydrogens is 358 g/mol. The van der Waals surface area contributed by atoms with Crippen molar-refractivity contribution in [2.24, 2.45) is 5.14 Å². The summed E-state index contributed by atoms with van der Waals surface area (Å²) in [5.41, 5.74) is 1.67. The lowest BCUT2D eigenvalue weighted by molar-refractivity contribution is -0.119. The zero-order valence-corrected chi connectivity index (χ0v) is 14.7. The van der Waals surface area contributed by atoms with Crippen molar-refractivity contribution in [1.29, 1.82) is 0 Å². The standard InChI is InChI=1S/C17H19N3O5S/c18-26(22,23)14-4-1-12(2-5-14)7-8-19-17(21)10-20-13-3-6-15-16(9-13)25-11-24-15/h1-6,9,20H,7-8,10-11H2,(H,19,21)(H2,18,22,23). The Kier molecular flexibility index (Phi) is 5.29. The van der Waals surface area contributed by atoms with Crippen LogP contribution in [0.5, 0.6) is 11.5 Å². The maximum absolute atomic E-state index is 11.9. The summed E-state index contributed by atoms with van der Waals surface area (Å²) in [5, 5.41) is 10.9. The molecule has 1 heterocycles. The lowest BCUT2D eigenvalue weighted by atomic mass is 10.1. The number of anilines is 1. The van der Waals surface area contributed by atoms with E-state index in [1.165, 1.54) is 12.1 Å². The van der Waals surface area contributed by atoms with Crippen LogP contribution in [-0.2, 0) is 21.2 Å². The van der Waals surface area contributed by atoms with Gasteiger partial charge in [-0.1, -0.05) is 12.1 Å². The normalized spacial score (nSPS) is 12.7. The van der Waals surface area contributed by atoms with Crippen LogP contribution in [0, 0.1) is 0 Å². The molecule has 0 unspecified atom stereocenters. The number of ether oxygens (including phenoxy) is 2. The smallest absolute Gasteiger partial charge is 0.239 e. The molecule has 1 aliphatic rings. The van der Waals surface area contributed by atoms with Crippen LogP contribution < -0.4 is 25.2 Å². The number of benzene rings is 2. The van der Waals surface area contributed by atoms with Gasteiger partial charge in [0.2, 0.25) is 22.7 Å². The van der Waals surface area contributed by atoms with Gasteiger partial charge in [-0.15, -0.1) is 0 Å². The highest BCUT2D eigenvalue weighted by Crippen LogP contribution is 2.34. The van der Waals surface area contributed by atoms with E-state index < -0.39 is 10.0 Å². The molecule has 9 heteroatoms. The molecule has 0 aliphatic carbocycles. The molecule has 138 valence electrons. The van der Waals surface area contributed by atoms with Crippen LogP contribution in [-0.4, -0.2) is 34.2 Å². The van der Waals surface area contributed by atoms with Crippen molar-refractivity contribution < 1.29 is 22.7 Å². The predicted molar refractivity (Wildman–Crippen MR) is 95.6 cm³/mol. The third-order valence-corrected chi connectivity index (χ3v) is 4.74. The van der Waals surface area contributed by atoms with Gasteiger partial charge in [0, 0.05) is 18.3 Å². The minimum Gasteiger partial charge on any atom is -0.454 e. The van der Waals surface area contributed by atoms with Crippen molar-refractivity contribution in [2.75, 3.05) is 25.2 Å². The Hall–Kier alpha value is -2.78. The van der Waals surface area contributed by atoms with Gasteiger partial charge in [0.15, 0.2) is 11.5 Å². The molecule has 0 bridgehead atoms. The maximum Gasteiger partial charge on any atom is 0.239 e. The molecule has 1 amide bonds. The van der Waals surface area contributed by atoms with Gasteiger partial charge in [-0.25, -0.2) is 13.6 Å². The molecule has 3 rings (SSSR count). The number of primary sulfonamides is 1. The van der Waals surface area contributed by atoms with Crippen molar-refractivity contribution in [3.63, 3.8) is 0 Å². The first-order chi connectivity index (χ1) is 12.4. The molecule has 4 N–H and O–H groups in total. The van der Waals surface area contributed by atoms with E-state index in [1.54, 1.807) is 24.3 Å². The van der Waals surface area contributed by atoms with E-state index in [0.29, 0.717) is 24.5 Å². The Morgan fingerprint density at radius 3 is 2.54 bits per heavy atom. The fourth-order valence-corrected chi connectivity index (χ4v) is 2.96. The van der Waals surface area contributed by atoms with Crippen LogP contribution in [0.3, 0.4) is 0 Å². The molecule has 0 radical (unpaired) electrons. The second-order valence-corrected chi connectivity index (χ2v) is 7.27. The van der Waals surface area contributed by atoms with Gasteiger partial charge in [0.25, 0.3) is 0 Å². The Morgan fingerprint density at radius 1 is 1.08 bits per heavy atom. The fraction of sp³-hybridized carbons (Fsp3) is 0.235. The quantitative estimate of drug-likeness (QED) is 0.658. The van der Waals surface area contributed by atoms with Gasteiger partial charge >= 0.3 is 0 Å². The summed E-state index contributed by atoms with van der Waals surface area (Å²) >= 11 is 0. The van der Waals surface area contributed by atoms with Crippen LogP contribution in [0.25, 0.3) is 0 Å². The molecule has 8 nitrogen and oxygen atoms in total. The molecule has 2 aromatic carbocycles. The Morgan fingerprint density at radius 2 is 1.81 bits per heavy atom. The first kappa shape index (κ1) is 18.0. The van der Waals surface area contributed by atoms with Crippen molar-refractivity contribution in [2.45, 2.75) is 11.3 Å². The second-order valence-electron chi connectivity index (χ2n) is 5.71. The molecule has 26 heavy (non-hydrogen) atoms. The fourth-order valence-electron chi connectivity index (χ4n) is 2.44. The average Bonchev–Trinajstić information content (AvgIpc) is 3.07. The van der Waals surface area contributed by atoms with E-state index in [0.717, 1.165) is 11.3 Å². The number of rotatable bonds is 7. The topological polar surface area (TPSA) is 120 Å². The third-order valence-electron chi connectivity index (χ3n) is 3.81. The Labute approximate surface area is 151 Å². The van der Waals surface area contributed by atoms with Crippen LogP contribution >= 0.6 is 0 Å². The summed E-state index contributed by atoms with van der Waals surface area (Å²) in [7, 11) is -3.69. The SMILES string of the molecule is NS(=O)(=O)c1ccc(CCNC(=O)CNc2ccc3c(c2)OCO3)cc1. The van der Waals surface area contributed by atoms with Crippen molar-refractivity contribution in [3.8, 4) is 11.5 Å². The number of nitrogens with one attached hydrogen (secondary N) is 2. The molecule has 1 aliphatic heterocycles. The second kappa shape index (κ2) is 7.63. The predicted octanol–water partition coefficient (Wildman–Crippen LogP) is 0.833. The first-order valence-corrected chi connectivity index (χ1v) is 9.48. The number of amides is 1. The minimum atomic E-state index is -3.69. The highest BCUT2D eigenvalue weighted by Gasteiger charge is 2.13. The van der Waals surface area contributed by atoms with Crippen LogP contribution in [0.4, 0.5) is 5.69 Å². The van der Waals surface area contributed by atoms with E-state index in [2.05, 4.69) is 10.6 Å². The number of carbonyl (C=O) groups is 1. The molecule has 0 spiro atoms.